The first kappa shape index (κ1) is 29.1. The van der Waals surface area contributed by atoms with E-state index in [1.165, 1.54) is 17.8 Å². The number of carboxylic acid groups (broad SMARTS) is 1. The summed E-state index contributed by atoms with van der Waals surface area (Å²) in [5.74, 6) is -1.85. The lowest BCUT2D eigenvalue weighted by Gasteiger charge is -2.33. The molecule has 4 rings (SSSR count). The van der Waals surface area contributed by atoms with E-state index >= 15 is 0 Å². The number of benzene rings is 2. The number of rotatable bonds is 8. The molecule has 2 atom stereocenters. The first-order valence-corrected chi connectivity index (χ1v) is 14.3. The maximum atomic E-state index is 12.8. The fourth-order valence-electron chi connectivity index (χ4n) is 4.77. The van der Waals surface area contributed by atoms with Gasteiger partial charge in [0.25, 0.3) is 0 Å². The van der Waals surface area contributed by atoms with E-state index in [0.29, 0.717) is 54.4 Å². The Bertz CT molecular complexity index is 1290. The molecule has 0 spiro atoms. The lowest BCUT2D eigenvalue weighted by atomic mass is 9.82. The van der Waals surface area contributed by atoms with Crippen LogP contribution in [0.3, 0.4) is 0 Å². The number of amides is 2. The normalized spacial score (nSPS) is 19.7. The number of carbonyl (C=O) groups is 3. The molecule has 0 unspecified atom stereocenters. The Morgan fingerprint density at radius 2 is 1.69 bits per heavy atom. The number of nitrogens with one attached hydrogen (secondary N) is 1. The number of allylic oxidation sites excluding steroid dienone is 2. The van der Waals surface area contributed by atoms with Crippen molar-refractivity contribution in [3.05, 3.63) is 70.2 Å². The van der Waals surface area contributed by atoms with Gasteiger partial charge < -0.3 is 20.1 Å². The molecule has 0 radical (unpaired) electrons. The highest BCUT2D eigenvalue weighted by molar-refractivity contribution is 7.99. The largest absolute Gasteiger partial charge is 0.496 e. The maximum Gasteiger partial charge on any atom is 0.307 e. The Labute approximate surface area is 242 Å². The number of likely N-dealkylation sites (tertiary alicyclic amines) is 1. The molecule has 2 amide bonds. The van der Waals surface area contributed by atoms with Gasteiger partial charge in [-0.1, -0.05) is 65.3 Å². The predicted molar refractivity (Wildman–Crippen MR) is 153 cm³/mol. The highest BCUT2D eigenvalue weighted by Gasteiger charge is 2.35. The van der Waals surface area contributed by atoms with Crippen LogP contribution in [0.1, 0.15) is 31.2 Å². The minimum absolute atomic E-state index is 0.0904. The van der Waals surface area contributed by atoms with Gasteiger partial charge in [-0.3, -0.25) is 14.4 Å². The van der Waals surface area contributed by atoms with Crippen molar-refractivity contribution in [3.8, 4) is 5.75 Å². The van der Waals surface area contributed by atoms with Crippen molar-refractivity contribution >= 4 is 58.8 Å². The molecule has 39 heavy (non-hydrogen) atoms. The van der Waals surface area contributed by atoms with Gasteiger partial charge in [0.2, 0.25) is 11.8 Å². The SMILES string of the molecule is COc1ccccc1Sc1ccc(/C=C/C(=O)N2CCC(NC(=O)[C@H]3CC=CC[C@H]3C(=O)O)CC2)c(Cl)c1Cl. The number of methoxy groups -OCH3 is 1. The predicted octanol–water partition coefficient (Wildman–Crippen LogP) is 5.94. The number of aliphatic carboxylic acids is 1. The third-order valence-electron chi connectivity index (χ3n) is 7.01. The summed E-state index contributed by atoms with van der Waals surface area (Å²) in [6, 6.07) is 11.2. The second-order valence-electron chi connectivity index (χ2n) is 9.47. The molecule has 0 saturated carbocycles. The molecule has 1 heterocycles. The standard InChI is InChI=1S/C29H30Cl2N2O5S/c1-38-22-8-4-5-9-23(22)39-24-12-10-18(26(30)27(24)31)11-13-25(34)33-16-14-19(15-17-33)32-28(35)20-6-2-3-7-21(20)29(36)37/h2-5,8-13,19-21H,6-7,14-17H2,1H3,(H,32,35)(H,36,37)/b13-11+/t20-,21+/m0/s1. The Balaban J connectivity index is 1.31. The molecule has 2 aliphatic rings. The minimum atomic E-state index is -0.946. The van der Waals surface area contributed by atoms with Crippen LogP contribution in [-0.4, -0.2) is 54.0 Å². The number of halogens is 2. The average molecular weight is 590 g/mol. The number of piperidine rings is 1. The van der Waals surface area contributed by atoms with Crippen LogP contribution in [-0.2, 0) is 14.4 Å². The van der Waals surface area contributed by atoms with E-state index in [9.17, 15) is 19.5 Å². The zero-order valence-electron chi connectivity index (χ0n) is 21.4. The second kappa shape index (κ2) is 13.4. The van der Waals surface area contributed by atoms with Crippen LogP contribution in [0.25, 0.3) is 6.08 Å². The van der Waals surface area contributed by atoms with Crippen LogP contribution in [0.2, 0.25) is 10.0 Å². The summed E-state index contributed by atoms with van der Waals surface area (Å²) >= 11 is 14.5. The van der Waals surface area contributed by atoms with E-state index in [0.717, 1.165) is 15.5 Å². The summed E-state index contributed by atoms with van der Waals surface area (Å²) in [4.78, 5) is 40.5. The second-order valence-corrected chi connectivity index (χ2v) is 11.3. The molecule has 2 aromatic rings. The molecule has 206 valence electrons. The molecule has 1 saturated heterocycles. The molecular formula is C29H30Cl2N2O5S. The smallest absolute Gasteiger partial charge is 0.307 e. The Morgan fingerprint density at radius 3 is 2.38 bits per heavy atom. The summed E-state index contributed by atoms with van der Waals surface area (Å²) in [6.07, 6.45) is 8.82. The molecule has 10 heteroatoms. The summed E-state index contributed by atoms with van der Waals surface area (Å²) in [6.45, 7) is 0.980. The zero-order valence-corrected chi connectivity index (χ0v) is 23.8. The van der Waals surface area contributed by atoms with Crippen molar-refractivity contribution in [2.75, 3.05) is 20.2 Å². The van der Waals surface area contributed by atoms with Crippen molar-refractivity contribution < 1.29 is 24.2 Å². The fraction of sp³-hybridized carbons (Fsp3) is 0.345. The van der Waals surface area contributed by atoms with Crippen molar-refractivity contribution in [3.63, 3.8) is 0 Å². The Kier molecular flexibility index (Phi) is 9.99. The highest BCUT2D eigenvalue weighted by Crippen LogP contribution is 2.42. The van der Waals surface area contributed by atoms with Crippen LogP contribution in [0.15, 0.2) is 64.4 Å². The number of ether oxygens (including phenoxy) is 1. The lowest BCUT2D eigenvalue weighted by Crippen LogP contribution is -2.49. The van der Waals surface area contributed by atoms with Gasteiger partial charge in [0.1, 0.15) is 5.75 Å². The molecule has 0 bridgehead atoms. The van der Waals surface area contributed by atoms with E-state index in [4.69, 9.17) is 27.9 Å². The molecular weight excluding hydrogens is 559 g/mol. The zero-order chi connectivity index (χ0) is 27.9. The molecule has 1 fully saturated rings. The van der Waals surface area contributed by atoms with E-state index in [1.807, 2.05) is 48.6 Å². The van der Waals surface area contributed by atoms with Crippen LogP contribution >= 0.6 is 35.0 Å². The van der Waals surface area contributed by atoms with Crippen LogP contribution in [0.4, 0.5) is 0 Å². The van der Waals surface area contributed by atoms with Gasteiger partial charge in [0.15, 0.2) is 0 Å². The van der Waals surface area contributed by atoms with Crippen LogP contribution in [0, 0.1) is 11.8 Å². The third-order valence-corrected chi connectivity index (χ3v) is 9.14. The lowest BCUT2D eigenvalue weighted by molar-refractivity contribution is -0.147. The number of hydrogen-bond donors (Lipinski definition) is 2. The van der Waals surface area contributed by atoms with Gasteiger partial charge in [-0.25, -0.2) is 0 Å². The van der Waals surface area contributed by atoms with E-state index < -0.39 is 17.8 Å². The van der Waals surface area contributed by atoms with Crippen molar-refractivity contribution in [1.29, 1.82) is 0 Å². The number of hydrogen-bond acceptors (Lipinski definition) is 5. The molecule has 2 aromatic carbocycles. The van der Waals surface area contributed by atoms with Crippen LogP contribution in [0.5, 0.6) is 5.75 Å². The topological polar surface area (TPSA) is 95.9 Å². The van der Waals surface area contributed by atoms with Gasteiger partial charge in [0, 0.05) is 30.1 Å². The summed E-state index contributed by atoms with van der Waals surface area (Å²) in [5, 5.41) is 13.2. The first-order valence-electron chi connectivity index (χ1n) is 12.7. The number of carboxylic acids is 1. The quantitative estimate of drug-likeness (QED) is 0.292. The fourth-order valence-corrected chi connectivity index (χ4v) is 6.31. The van der Waals surface area contributed by atoms with Gasteiger partial charge in [0.05, 0.1) is 33.9 Å². The Hall–Kier alpha value is -2.94. The molecule has 2 N–H and O–H groups in total. The number of nitrogens with zero attached hydrogens (tertiary/aromatic N) is 1. The van der Waals surface area contributed by atoms with Crippen LogP contribution < -0.4 is 10.1 Å². The summed E-state index contributed by atoms with van der Waals surface area (Å²) in [5.41, 5.74) is 0.635. The molecule has 7 nitrogen and oxygen atoms in total. The Morgan fingerprint density at radius 1 is 1.00 bits per heavy atom. The minimum Gasteiger partial charge on any atom is -0.496 e. The average Bonchev–Trinajstić information content (AvgIpc) is 2.95. The van der Waals surface area contributed by atoms with E-state index in [-0.39, 0.29) is 17.9 Å². The van der Waals surface area contributed by atoms with E-state index in [1.54, 1.807) is 18.1 Å². The van der Waals surface area contributed by atoms with Gasteiger partial charge >= 0.3 is 5.97 Å². The van der Waals surface area contributed by atoms with Crippen molar-refractivity contribution in [2.24, 2.45) is 11.8 Å². The van der Waals surface area contributed by atoms with Gasteiger partial charge in [-0.15, -0.1) is 0 Å². The third kappa shape index (κ3) is 7.18. The van der Waals surface area contributed by atoms with Crippen molar-refractivity contribution in [2.45, 2.75) is 41.5 Å². The molecule has 0 aromatic heterocycles. The molecule has 1 aliphatic carbocycles. The molecule has 1 aliphatic heterocycles. The van der Waals surface area contributed by atoms with Gasteiger partial charge in [-0.05, 0) is 55.5 Å². The van der Waals surface area contributed by atoms with Crippen molar-refractivity contribution in [1.82, 2.24) is 10.2 Å². The number of para-hydroxylation sites is 1. The number of carbonyl (C=O) groups excluding carboxylic acids is 2. The maximum absolute atomic E-state index is 12.8. The summed E-state index contributed by atoms with van der Waals surface area (Å²) < 4.78 is 5.41. The van der Waals surface area contributed by atoms with Gasteiger partial charge in [-0.2, -0.15) is 0 Å². The highest BCUT2D eigenvalue weighted by atomic mass is 35.5. The first-order chi connectivity index (χ1) is 18.8. The monoisotopic (exact) mass is 588 g/mol. The van der Waals surface area contributed by atoms with E-state index in [2.05, 4.69) is 5.32 Å². The summed E-state index contributed by atoms with van der Waals surface area (Å²) in [7, 11) is 1.61.